The van der Waals surface area contributed by atoms with Crippen molar-refractivity contribution in [3.8, 4) is 0 Å². The Morgan fingerprint density at radius 3 is 2.83 bits per heavy atom. The molecule has 1 aliphatic heterocycles. The number of fused-ring (bicyclic) bond motifs is 1. The minimum absolute atomic E-state index is 0.00103. The Kier molecular flexibility index (Phi) is 3.45. The topological polar surface area (TPSA) is 80.4 Å². The average molecular weight is 265 g/mol. The van der Waals surface area contributed by atoms with E-state index in [-0.39, 0.29) is 5.78 Å². The molecular formula is C13H15NO3S. The van der Waals surface area contributed by atoms with Crippen LogP contribution in [-0.2, 0) is 10.3 Å². The van der Waals surface area contributed by atoms with Gasteiger partial charge in [-0.1, -0.05) is 13.0 Å². The quantitative estimate of drug-likeness (QED) is 0.817. The van der Waals surface area contributed by atoms with Crippen molar-refractivity contribution in [2.75, 3.05) is 5.75 Å². The lowest BCUT2D eigenvalue weighted by molar-refractivity contribution is -0.144. The first-order chi connectivity index (χ1) is 8.49. The molecule has 4 nitrogen and oxygen atoms in total. The van der Waals surface area contributed by atoms with Gasteiger partial charge in [0.05, 0.1) is 0 Å². The maximum absolute atomic E-state index is 11.7. The van der Waals surface area contributed by atoms with Crippen molar-refractivity contribution < 1.29 is 14.7 Å². The summed E-state index contributed by atoms with van der Waals surface area (Å²) in [6, 6.07) is 5.18. The number of ketones is 1. The highest BCUT2D eigenvalue weighted by atomic mass is 32.2. The summed E-state index contributed by atoms with van der Waals surface area (Å²) < 4.78 is 0. The van der Waals surface area contributed by atoms with Crippen LogP contribution in [0.3, 0.4) is 0 Å². The molecule has 0 radical (unpaired) electrons. The number of carbonyl (C=O) groups is 2. The van der Waals surface area contributed by atoms with Crippen molar-refractivity contribution in [1.29, 1.82) is 0 Å². The van der Waals surface area contributed by atoms with Crippen LogP contribution in [0.4, 0.5) is 0 Å². The van der Waals surface area contributed by atoms with Gasteiger partial charge in [-0.3, -0.25) is 4.79 Å². The molecule has 0 aromatic heterocycles. The molecule has 5 heteroatoms. The van der Waals surface area contributed by atoms with Gasteiger partial charge in [-0.05, 0) is 24.1 Å². The molecule has 0 fully saturated rings. The SMILES string of the molecule is CCC(=O)c1ccc2c(c1)C(N)(C(=O)O)CCS2. The number of carbonyl (C=O) groups excluding carboxylic acids is 1. The van der Waals surface area contributed by atoms with E-state index < -0.39 is 11.5 Å². The third-order valence-corrected chi connectivity index (χ3v) is 4.31. The van der Waals surface area contributed by atoms with Crippen LogP contribution in [-0.4, -0.2) is 22.6 Å². The van der Waals surface area contributed by atoms with Crippen molar-refractivity contribution in [3.63, 3.8) is 0 Å². The molecule has 3 N–H and O–H groups in total. The normalized spacial score (nSPS) is 22.3. The van der Waals surface area contributed by atoms with Gasteiger partial charge >= 0.3 is 5.97 Å². The number of rotatable bonds is 3. The van der Waals surface area contributed by atoms with Crippen molar-refractivity contribution in [2.45, 2.75) is 30.2 Å². The number of nitrogens with two attached hydrogens (primary N) is 1. The van der Waals surface area contributed by atoms with Crippen LogP contribution in [0.2, 0.25) is 0 Å². The number of carboxylic acids is 1. The largest absolute Gasteiger partial charge is 0.480 e. The second kappa shape index (κ2) is 4.74. The Morgan fingerprint density at radius 1 is 1.50 bits per heavy atom. The standard InChI is InChI=1S/C13H15NO3S/c1-2-10(15)8-3-4-11-9(7-8)13(14,12(16)17)5-6-18-11/h3-4,7H,2,5-6,14H2,1H3,(H,16,17). The van der Waals surface area contributed by atoms with Gasteiger partial charge in [0, 0.05) is 22.6 Å². The van der Waals surface area contributed by atoms with E-state index in [9.17, 15) is 14.7 Å². The number of aliphatic carboxylic acids is 1. The number of benzene rings is 1. The summed E-state index contributed by atoms with van der Waals surface area (Å²) in [5.74, 6) is -0.358. The number of thioether (sulfide) groups is 1. The lowest BCUT2D eigenvalue weighted by atomic mass is 9.86. The molecule has 1 aliphatic rings. The molecule has 1 heterocycles. The maximum atomic E-state index is 11.7. The molecule has 1 aromatic rings. The molecular weight excluding hydrogens is 250 g/mol. The molecule has 0 amide bonds. The fraction of sp³-hybridized carbons (Fsp3) is 0.385. The molecule has 0 spiro atoms. The fourth-order valence-electron chi connectivity index (χ4n) is 2.06. The zero-order valence-corrected chi connectivity index (χ0v) is 10.9. The second-order valence-electron chi connectivity index (χ2n) is 4.36. The summed E-state index contributed by atoms with van der Waals surface area (Å²) in [7, 11) is 0. The molecule has 2 rings (SSSR count). The van der Waals surface area contributed by atoms with Crippen LogP contribution in [0.1, 0.15) is 35.7 Å². The van der Waals surface area contributed by atoms with E-state index in [1.165, 1.54) is 0 Å². The maximum Gasteiger partial charge on any atom is 0.328 e. The second-order valence-corrected chi connectivity index (χ2v) is 5.50. The van der Waals surface area contributed by atoms with Crippen molar-refractivity contribution >= 4 is 23.5 Å². The number of carboxylic acid groups (broad SMARTS) is 1. The van der Waals surface area contributed by atoms with Gasteiger partial charge in [0.1, 0.15) is 5.54 Å². The van der Waals surface area contributed by atoms with Crippen molar-refractivity contribution in [1.82, 2.24) is 0 Å². The van der Waals surface area contributed by atoms with Crippen LogP contribution >= 0.6 is 11.8 Å². The molecule has 0 saturated heterocycles. The van der Waals surface area contributed by atoms with E-state index in [2.05, 4.69) is 0 Å². The molecule has 0 saturated carbocycles. The first-order valence-corrected chi connectivity index (χ1v) is 6.80. The van der Waals surface area contributed by atoms with Gasteiger partial charge in [0.2, 0.25) is 0 Å². The Balaban J connectivity index is 2.54. The molecule has 1 unspecified atom stereocenters. The Labute approximate surface area is 110 Å². The van der Waals surface area contributed by atoms with Crippen molar-refractivity contribution in [2.24, 2.45) is 5.73 Å². The summed E-state index contributed by atoms with van der Waals surface area (Å²) in [5.41, 5.74) is 5.73. The van der Waals surface area contributed by atoms with Crippen LogP contribution in [0.15, 0.2) is 23.1 Å². The Hall–Kier alpha value is -1.33. The molecule has 18 heavy (non-hydrogen) atoms. The lowest BCUT2D eigenvalue weighted by Crippen LogP contribution is -2.47. The summed E-state index contributed by atoms with van der Waals surface area (Å²) in [6.07, 6.45) is 0.778. The third-order valence-electron chi connectivity index (χ3n) is 3.24. The minimum atomic E-state index is -1.37. The van der Waals surface area contributed by atoms with Gasteiger partial charge in [-0.15, -0.1) is 11.8 Å². The monoisotopic (exact) mass is 265 g/mol. The summed E-state index contributed by atoms with van der Waals surface area (Å²) >= 11 is 1.58. The minimum Gasteiger partial charge on any atom is -0.480 e. The summed E-state index contributed by atoms with van der Waals surface area (Å²) in [6.45, 7) is 1.78. The Bertz CT molecular complexity index is 515. The van der Waals surface area contributed by atoms with Gasteiger partial charge in [0.25, 0.3) is 0 Å². The van der Waals surface area contributed by atoms with Crippen molar-refractivity contribution in [3.05, 3.63) is 29.3 Å². The molecule has 1 atom stereocenters. The van der Waals surface area contributed by atoms with E-state index in [1.54, 1.807) is 36.9 Å². The highest BCUT2D eigenvalue weighted by Gasteiger charge is 2.40. The molecule has 96 valence electrons. The lowest BCUT2D eigenvalue weighted by Gasteiger charge is -2.31. The van der Waals surface area contributed by atoms with E-state index in [0.29, 0.717) is 29.7 Å². The molecule has 0 bridgehead atoms. The number of Topliss-reactive ketones (excluding diaryl/α,β-unsaturated/α-hetero) is 1. The first-order valence-electron chi connectivity index (χ1n) is 5.82. The predicted octanol–water partition coefficient (Wildman–Crippen LogP) is 2.01. The highest BCUT2D eigenvalue weighted by Crippen LogP contribution is 2.39. The van der Waals surface area contributed by atoms with Gasteiger partial charge < -0.3 is 10.8 Å². The average Bonchev–Trinajstić information content (AvgIpc) is 2.37. The molecule has 1 aromatic carbocycles. The third kappa shape index (κ3) is 2.04. The zero-order valence-electron chi connectivity index (χ0n) is 10.1. The summed E-state index contributed by atoms with van der Waals surface area (Å²) in [5, 5.41) is 9.31. The van der Waals surface area contributed by atoms with Crippen LogP contribution in [0.25, 0.3) is 0 Å². The highest BCUT2D eigenvalue weighted by molar-refractivity contribution is 7.99. The van der Waals surface area contributed by atoms with Crippen LogP contribution in [0, 0.1) is 0 Å². The number of hydrogen-bond acceptors (Lipinski definition) is 4. The van der Waals surface area contributed by atoms with Crippen LogP contribution in [0.5, 0.6) is 0 Å². The van der Waals surface area contributed by atoms with E-state index in [0.717, 1.165) is 4.90 Å². The predicted molar refractivity (Wildman–Crippen MR) is 69.9 cm³/mol. The Morgan fingerprint density at radius 2 is 2.22 bits per heavy atom. The van der Waals surface area contributed by atoms with Gasteiger partial charge in [-0.2, -0.15) is 0 Å². The van der Waals surface area contributed by atoms with E-state index in [4.69, 9.17) is 5.73 Å². The first kappa shape index (κ1) is 13.1. The smallest absolute Gasteiger partial charge is 0.328 e. The van der Waals surface area contributed by atoms with E-state index in [1.807, 2.05) is 0 Å². The summed E-state index contributed by atoms with van der Waals surface area (Å²) in [4.78, 5) is 23.9. The number of hydrogen-bond donors (Lipinski definition) is 2. The van der Waals surface area contributed by atoms with E-state index >= 15 is 0 Å². The molecule has 0 aliphatic carbocycles. The van der Waals surface area contributed by atoms with Gasteiger partial charge in [-0.25, -0.2) is 4.79 Å². The van der Waals surface area contributed by atoms with Gasteiger partial charge in [0.15, 0.2) is 5.78 Å². The fourth-order valence-corrected chi connectivity index (χ4v) is 3.27. The zero-order chi connectivity index (χ0) is 13.3. The van der Waals surface area contributed by atoms with Crippen LogP contribution < -0.4 is 5.73 Å².